The van der Waals surface area contributed by atoms with E-state index in [0.717, 1.165) is 6.54 Å². The molecule has 1 aromatic carbocycles. The lowest BCUT2D eigenvalue weighted by Gasteiger charge is -2.46. The van der Waals surface area contributed by atoms with Crippen LogP contribution in [0.15, 0.2) is 35.2 Å². The summed E-state index contributed by atoms with van der Waals surface area (Å²) >= 11 is 1.97. The maximum atomic E-state index is 3.72. The third kappa shape index (κ3) is 5.01. The summed E-state index contributed by atoms with van der Waals surface area (Å²) in [6.45, 7) is 12.9. The van der Waals surface area contributed by atoms with Crippen molar-refractivity contribution in [1.82, 2.24) is 10.2 Å². The van der Waals surface area contributed by atoms with Gasteiger partial charge in [0.2, 0.25) is 0 Å². The van der Waals surface area contributed by atoms with Crippen molar-refractivity contribution in [3.8, 4) is 0 Å². The molecule has 0 spiro atoms. The molecule has 0 amide bonds. The minimum atomic E-state index is 0.336. The third-order valence-electron chi connectivity index (χ3n) is 4.38. The highest BCUT2D eigenvalue weighted by Gasteiger charge is 2.34. The molecule has 1 saturated heterocycles. The highest BCUT2D eigenvalue weighted by Crippen LogP contribution is 2.27. The van der Waals surface area contributed by atoms with Crippen LogP contribution in [0.1, 0.15) is 34.1 Å². The molecule has 1 aromatic rings. The maximum absolute atomic E-state index is 3.72. The smallest absolute Gasteiger partial charge is 0.0270 e. The Balaban J connectivity index is 1.90. The molecule has 0 radical (unpaired) electrons. The Kier molecular flexibility index (Phi) is 6.15. The van der Waals surface area contributed by atoms with Crippen LogP contribution in [0.3, 0.4) is 0 Å². The average Bonchev–Trinajstić information content (AvgIpc) is 2.47. The molecular formula is C18H30N2S. The summed E-state index contributed by atoms with van der Waals surface area (Å²) in [6, 6.07) is 12.0. The molecule has 2 rings (SSSR count). The van der Waals surface area contributed by atoms with E-state index in [4.69, 9.17) is 0 Å². The summed E-state index contributed by atoms with van der Waals surface area (Å²) in [5.74, 6) is 1.17. The topological polar surface area (TPSA) is 15.3 Å². The van der Waals surface area contributed by atoms with Crippen molar-refractivity contribution in [2.45, 2.75) is 51.1 Å². The summed E-state index contributed by atoms with van der Waals surface area (Å²) in [6.07, 6.45) is 1.22. The molecule has 2 nitrogen and oxygen atoms in total. The van der Waals surface area contributed by atoms with Gasteiger partial charge in [-0.1, -0.05) is 45.9 Å². The van der Waals surface area contributed by atoms with Crippen LogP contribution in [0, 0.1) is 5.41 Å². The molecule has 0 saturated carbocycles. The molecule has 21 heavy (non-hydrogen) atoms. The number of hydrogen-bond donors (Lipinski definition) is 1. The highest BCUT2D eigenvalue weighted by atomic mass is 32.2. The van der Waals surface area contributed by atoms with Gasteiger partial charge < -0.3 is 5.32 Å². The highest BCUT2D eigenvalue weighted by molar-refractivity contribution is 7.99. The molecule has 1 N–H and O–H groups in total. The first kappa shape index (κ1) is 16.9. The Hall–Kier alpha value is -0.510. The number of rotatable bonds is 5. The fourth-order valence-electron chi connectivity index (χ4n) is 3.05. The van der Waals surface area contributed by atoms with E-state index in [1.165, 1.54) is 30.2 Å². The minimum Gasteiger partial charge on any atom is -0.311 e. The first-order valence-electron chi connectivity index (χ1n) is 8.16. The Labute approximate surface area is 134 Å². The van der Waals surface area contributed by atoms with E-state index < -0.39 is 0 Å². The zero-order chi connectivity index (χ0) is 15.3. The fourth-order valence-corrected chi connectivity index (χ4v) is 3.97. The van der Waals surface area contributed by atoms with Gasteiger partial charge in [0.15, 0.2) is 0 Å². The van der Waals surface area contributed by atoms with E-state index in [1.54, 1.807) is 0 Å². The summed E-state index contributed by atoms with van der Waals surface area (Å²) in [7, 11) is 0. The molecule has 0 bridgehead atoms. The molecule has 2 atom stereocenters. The van der Waals surface area contributed by atoms with Gasteiger partial charge in [0.05, 0.1) is 0 Å². The molecule has 3 heteroatoms. The molecular weight excluding hydrogens is 276 g/mol. The fraction of sp³-hybridized carbons (Fsp3) is 0.667. The van der Waals surface area contributed by atoms with Gasteiger partial charge in [-0.25, -0.2) is 0 Å². The van der Waals surface area contributed by atoms with Gasteiger partial charge >= 0.3 is 0 Å². The minimum absolute atomic E-state index is 0.336. The lowest BCUT2D eigenvalue weighted by atomic mass is 9.83. The molecule has 0 aromatic heterocycles. The van der Waals surface area contributed by atoms with Crippen molar-refractivity contribution < 1.29 is 0 Å². The monoisotopic (exact) mass is 306 g/mol. The number of piperazine rings is 1. The summed E-state index contributed by atoms with van der Waals surface area (Å²) < 4.78 is 0. The normalized spacial score (nSPS) is 24.2. The van der Waals surface area contributed by atoms with E-state index in [9.17, 15) is 0 Å². The average molecular weight is 307 g/mol. The van der Waals surface area contributed by atoms with Crippen LogP contribution in [-0.4, -0.2) is 42.4 Å². The van der Waals surface area contributed by atoms with Gasteiger partial charge in [0.25, 0.3) is 0 Å². The van der Waals surface area contributed by atoms with Crippen molar-refractivity contribution in [2.24, 2.45) is 5.41 Å². The van der Waals surface area contributed by atoms with Crippen LogP contribution in [0.25, 0.3) is 0 Å². The second-order valence-corrected chi connectivity index (χ2v) is 8.22. The molecule has 1 aliphatic rings. The van der Waals surface area contributed by atoms with Crippen molar-refractivity contribution in [3.63, 3.8) is 0 Å². The van der Waals surface area contributed by atoms with Crippen molar-refractivity contribution in [2.75, 3.05) is 25.4 Å². The molecule has 2 unspecified atom stereocenters. The van der Waals surface area contributed by atoms with Crippen molar-refractivity contribution >= 4 is 11.8 Å². The number of nitrogens with one attached hydrogen (secondary N) is 1. The zero-order valence-electron chi connectivity index (χ0n) is 13.9. The van der Waals surface area contributed by atoms with Gasteiger partial charge in [-0.05, 0) is 24.0 Å². The van der Waals surface area contributed by atoms with E-state index >= 15 is 0 Å². The van der Waals surface area contributed by atoms with E-state index in [1.807, 2.05) is 11.8 Å². The lowest BCUT2D eigenvalue weighted by Crippen LogP contribution is -2.60. The van der Waals surface area contributed by atoms with Crippen LogP contribution >= 0.6 is 11.8 Å². The Bertz CT molecular complexity index is 413. The number of nitrogens with zero attached hydrogens (tertiary/aromatic N) is 1. The Morgan fingerprint density at radius 2 is 1.95 bits per heavy atom. The van der Waals surface area contributed by atoms with E-state index in [2.05, 4.69) is 68.2 Å². The maximum Gasteiger partial charge on any atom is 0.0270 e. The summed E-state index contributed by atoms with van der Waals surface area (Å²) in [5.41, 5.74) is 0.336. The molecule has 1 fully saturated rings. The van der Waals surface area contributed by atoms with E-state index in [0.29, 0.717) is 17.5 Å². The number of hydrogen-bond acceptors (Lipinski definition) is 3. The van der Waals surface area contributed by atoms with Gasteiger partial charge in [-0.15, -0.1) is 11.8 Å². The second kappa shape index (κ2) is 7.66. The third-order valence-corrected chi connectivity index (χ3v) is 5.37. The van der Waals surface area contributed by atoms with Gasteiger partial charge in [-0.2, -0.15) is 0 Å². The second-order valence-electron chi connectivity index (χ2n) is 7.05. The summed E-state index contributed by atoms with van der Waals surface area (Å²) in [4.78, 5) is 4.09. The van der Waals surface area contributed by atoms with E-state index in [-0.39, 0.29) is 0 Å². The summed E-state index contributed by atoms with van der Waals surface area (Å²) in [5, 5.41) is 3.72. The lowest BCUT2D eigenvalue weighted by molar-refractivity contribution is 0.0606. The SMILES string of the molecule is CCC1CN(CCSc2ccccc2)C(C(C)(C)C)CN1. The van der Waals surface area contributed by atoms with Crippen LogP contribution in [-0.2, 0) is 0 Å². The number of thioether (sulfide) groups is 1. The first-order valence-corrected chi connectivity index (χ1v) is 9.14. The van der Waals surface area contributed by atoms with Gasteiger partial charge in [0.1, 0.15) is 0 Å². The molecule has 1 aliphatic heterocycles. The van der Waals surface area contributed by atoms with Crippen LogP contribution in [0.5, 0.6) is 0 Å². The van der Waals surface area contributed by atoms with Crippen molar-refractivity contribution in [3.05, 3.63) is 30.3 Å². The predicted molar refractivity (Wildman–Crippen MR) is 94.1 cm³/mol. The van der Waals surface area contributed by atoms with Crippen LogP contribution < -0.4 is 5.32 Å². The number of benzene rings is 1. The standard InChI is InChI=1S/C18H30N2S/c1-5-15-14-20(17(13-19-15)18(2,3)4)11-12-21-16-9-7-6-8-10-16/h6-10,15,17,19H,5,11-14H2,1-4H3. The quantitative estimate of drug-likeness (QED) is 0.831. The molecule has 118 valence electrons. The first-order chi connectivity index (χ1) is 10.0. The Morgan fingerprint density at radius 1 is 1.24 bits per heavy atom. The molecule has 0 aliphatic carbocycles. The van der Waals surface area contributed by atoms with Crippen LogP contribution in [0.2, 0.25) is 0 Å². The van der Waals surface area contributed by atoms with Crippen LogP contribution in [0.4, 0.5) is 0 Å². The van der Waals surface area contributed by atoms with Crippen molar-refractivity contribution in [1.29, 1.82) is 0 Å². The van der Waals surface area contributed by atoms with Gasteiger partial charge in [0, 0.05) is 42.4 Å². The molecule has 1 heterocycles. The zero-order valence-corrected chi connectivity index (χ0v) is 14.7. The predicted octanol–water partition coefficient (Wildman–Crippen LogP) is 3.88. The van der Waals surface area contributed by atoms with Gasteiger partial charge in [-0.3, -0.25) is 4.90 Å². The Morgan fingerprint density at radius 3 is 2.57 bits per heavy atom. The largest absolute Gasteiger partial charge is 0.311 e.